The molecule has 0 radical (unpaired) electrons. The summed E-state index contributed by atoms with van der Waals surface area (Å²) < 4.78 is 1.75. The summed E-state index contributed by atoms with van der Waals surface area (Å²) in [6.07, 6.45) is 6.84. The predicted octanol–water partition coefficient (Wildman–Crippen LogP) is 4.06. The van der Waals surface area contributed by atoms with Crippen molar-refractivity contribution in [1.29, 1.82) is 0 Å². The fourth-order valence-corrected chi connectivity index (χ4v) is 2.60. The lowest BCUT2D eigenvalue weighted by Gasteiger charge is -2.27. The molecule has 3 aromatic rings. The number of aromatic nitrogens is 3. The molecule has 0 unspecified atom stereocenters. The molecule has 0 spiro atoms. The molecule has 22 heavy (non-hydrogen) atoms. The summed E-state index contributed by atoms with van der Waals surface area (Å²) in [5, 5.41) is 4.25. The molecule has 1 heterocycles. The van der Waals surface area contributed by atoms with Gasteiger partial charge in [0.25, 0.3) is 0 Å². The Morgan fingerprint density at radius 2 is 1.50 bits per heavy atom. The lowest BCUT2D eigenvalue weighted by Crippen LogP contribution is -2.30. The second-order valence-corrected chi connectivity index (χ2v) is 5.02. The number of hydrogen-bond acceptors (Lipinski definition) is 2. The van der Waals surface area contributed by atoms with Crippen molar-refractivity contribution in [2.24, 2.45) is 0 Å². The minimum Gasteiger partial charge on any atom is -0.235 e. The Balaban J connectivity index is 2.04. The summed E-state index contributed by atoms with van der Waals surface area (Å²) in [6.45, 7) is 7.91. The van der Waals surface area contributed by atoms with Gasteiger partial charge >= 0.3 is 0 Å². The highest BCUT2D eigenvalue weighted by molar-refractivity contribution is 5.64. The molecule has 0 fully saturated rings. The monoisotopic (exact) mass is 287 g/mol. The largest absolute Gasteiger partial charge is 0.235 e. The summed E-state index contributed by atoms with van der Waals surface area (Å²) in [5.41, 5.74) is 2.82. The molecular weight excluding hydrogens is 270 g/mol. The molecule has 0 aliphatic carbocycles. The van der Waals surface area contributed by atoms with E-state index in [1.165, 1.54) is 17.5 Å². The molecule has 0 saturated carbocycles. The minimum atomic E-state index is -0.592. The highest BCUT2D eigenvalue weighted by Gasteiger charge is 2.28. The van der Waals surface area contributed by atoms with E-state index in [2.05, 4.69) is 59.6 Å². The van der Waals surface area contributed by atoms with Gasteiger partial charge in [0.15, 0.2) is 0 Å². The Kier molecular flexibility index (Phi) is 3.71. The van der Waals surface area contributed by atoms with E-state index in [9.17, 15) is 0 Å². The molecule has 2 aromatic carbocycles. The molecule has 1 aromatic heterocycles. The van der Waals surface area contributed by atoms with Crippen molar-refractivity contribution in [3.63, 3.8) is 0 Å². The van der Waals surface area contributed by atoms with Crippen molar-refractivity contribution in [2.75, 3.05) is 0 Å². The number of hydrogen-bond donors (Lipinski definition) is 0. The maximum Gasteiger partial charge on any atom is 0.137 e. The average molecular weight is 287 g/mol. The van der Waals surface area contributed by atoms with Gasteiger partial charge < -0.3 is 0 Å². The van der Waals surface area contributed by atoms with Crippen LogP contribution in [-0.2, 0) is 5.54 Å². The zero-order chi connectivity index (χ0) is 15.4. The Morgan fingerprint density at radius 3 is 2.05 bits per heavy atom. The molecule has 0 saturated heterocycles. The van der Waals surface area contributed by atoms with Gasteiger partial charge in [0.05, 0.1) is 0 Å². The van der Waals surface area contributed by atoms with E-state index in [1.807, 2.05) is 30.4 Å². The molecule has 0 amide bonds. The van der Waals surface area contributed by atoms with Gasteiger partial charge in [0.1, 0.15) is 18.2 Å². The van der Waals surface area contributed by atoms with Crippen LogP contribution >= 0.6 is 0 Å². The molecule has 0 atom stereocenters. The van der Waals surface area contributed by atoms with Gasteiger partial charge in [-0.15, -0.1) is 13.2 Å². The normalized spacial score (nSPS) is 11.1. The number of rotatable bonds is 5. The quantitative estimate of drug-likeness (QED) is 0.662. The number of nitrogens with zero attached hydrogens (tertiary/aromatic N) is 3. The average Bonchev–Trinajstić information content (AvgIpc) is 3.13. The van der Waals surface area contributed by atoms with E-state index in [0.29, 0.717) is 0 Å². The second-order valence-electron chi connectivity index (χ2n) is 5.02. The van der Waals surface area contributed by atoms with Crippen molar-refractivity contribution in [2.45, 2.75) is 5.54 Å². The smallest absolute Gasteiger partial charge is 0.137 e. The van der Waals surface area contributed by atoms with Gasteiger partial charge in [0, 0.05) is 0 Å². The molecular formula is C19H17N3. The van der Waals surface area contributed by atoms with Crippen LogP contribution in [0, 0.1) is 0 Å². The van der Waals surface area contributed by atoms with Crippen LogP contribution < -0.4 is 0 Å². The molecule has 0 bridgehead atoms. The summed E-state index contributed by atoms with van der Waals surface area (Å²) in [4.78, 5) is 4.03. The Bertz CT molecular complexity index is 748. The van der Waals surface area contributed by atoms with Crippen LogP contribution in [0.25, 0.3) is 11.1 Å². The van der Waals surface area contributed by atoms with Crippen LogP contribution in [0.5, 0.6) is 0 Å². The summed E-state index contributed by atoms with van der Waals surface area (Å²) in [5.74, 6) is 0. The van der Waals surface area contributed by atoms with E-state index in [4.69, 9.17) is 0 Å². The second kappa shape index (κ2) is 5.82. The fourth-order valence-electron chi connectivity index (χ4n) is 2.60. The standard InChI is InChI=1S/C19H17N3/c1-3-19(4-2,22-15-20-14-21-22)18-12-10-17(11-13-18)16-8-6-5-7-9-16/h3-15H,1-2H2. The first-order chi connectivity index (χ1) is 10.8. The fraction of sp³-hybridized carbons (Fsp3) is 0.0526. The Hall–Kier alpha value is -2.94. The molecule has 0 N–H and O–H groups in total. The number of allylic oxidation sites excluding steroid dienone is 2. The highest BCUT2D eigenvalue weighted by atomic mass is 15.3. The van der Waals surface area contributed by atoms with Gasteiger partial charge in [-0.3, -0.25) is 0 Å². The van der Waals surface area contributed by atoms with Crippen molar-refractivity contribution in [1.82, 2.24) is 14.8 Å². The molecule has 3 rings (SSSR count). The number of benzene rings is 2. The summed E-state index contributed by atoms with van der Waals surface area (Å²) in [7, 11) is 0. The molecule has 0 aliphatic heterocycles. The first-order valence-corrected chi connectivity index (χ1v) is 7.08. The van der Waals surface area contributed by atoms with Crippen LogP contribution in [0.2, 0.25) is 0 Å². The summed E-state index contributed by atoms with van der Waals surface area (Å²) in [6, 6.07) is 18.6. The first-order valence-electron chi connectivity index (χ1n) is 7.08. The van der Waals surface area contributed by atoms with Gasteiger partial charge in [0.2, 0.25) is 0 Å². The van der Waals surface area contributed by atoms with Gasteiger partial charge in [-0.1, -0.05) is 66.7 Å². The molecule has 0 aliphatic rings. The predicted molar refractivity (Wildman–Crippen MR) is 89.4 cm³/mol. The topological polar surface area (TPSA) is 30.7 Å². The first kappa shape index (κ1) is 14.0. The maximum atomic E-state index is 4.25. The zero-order valence-electron chi connectivity index (χ0n) is 12.3. The van der Waals surface area contributed by atoms with Crippen molar-refractivity contribution < 1.29 is 0 Å². The maximum absolute atomic E-state index is 4.25. The lowest BCUT2D eigenvalue weighted by molar-refractivity contribution is 0.493. The lowest BCUT2D eigenvalue weighted by atomic mass is 9.89. The SMILES string of the molecule is C=CC(C=C)(c1ccc(-c2ccccc2)cc1)n1cncn1. The summed E-state index contributed by atoms with van der Waals surface area (Å²) >= 11 is 0. The molecule has 3 heteroatoms. The molecule has 3 nitrogen and oxygen atoms in total. The Morgan fingerprint density at radius 1 is 0.864 bits per heavy atom. The molecule has 108 valence electrons. The van der Waals surface area contributed by atoms with Gasteiger partial charge in [-0.2, -0.15) is 5.10 Å². The zero-order valence-corrected chi connectivity index (χ0v) is 12.3. The third-order valence-corrected chi connectivity index (χ3v) is 3.87. The van der Waals surface area contributed by atoms with E-state index in [0.717, 1.165) is 5.56 Å². The van der Waals surface area contributed by atoms with E-state index in [-0.39, 0.29) is 0 Å². The van der Waals surface area contributed by atoms with Crippen LogP contribution in [0.4, 0.5) is 0 Å². The van der Waals surface area contributed by atoms with Gasteiger partial charge in [-0.25, -0.2) is 9.67 Å². The third-order valence-electron chi connectivity index (χ3n) is 3.87. The van der Waals surface area contributed by atoms with E-state index >= 15 is 0 Å². The van der Waals surface area contributed by atoms with Crippen molar-refractivity contribution in [3.8, 4) is 11.1 Å². The van der Waals surface area contributed by atoms with Crippen molar-refractivity contribution in [3.05, 3.63) is 98.1 Å². The van der Waals surface area contributed by atoms with E-state index < -0.39 is 5.54 Å². The van der Waals surface area contributed by atoms with E-state index in [1.54, 1.807) is 11.0 Å². The Labute approximate surface area is 130 Å². The van der Waals surface area contributed by atoms with Crippen LogP contribution in [0.15, 0.2) is 92.6 Å². The minimum absolute atomic E-state index is 0.592. The van der Waals surface area contributed by atoms with Gasteiger partial charge in [-0.05, 0) is 16.7 Å². The highest BCUT2D eigenvalue weighted by Crippen LogP contribution is 2.30. The van der Waals surface area contributed by atoms with Crippen molar-refractivity contribution >= 4 is 0 Å². The third kappa shape index (κ3) is 2.27. The van der Waals surface area contributed by atoms with Crippen LogP contribution in [0.1, 0.15) is 5.56 Å². The van der Waals surface area contributed by atoms with Crippen LogP contribution in [0.3, 0.4) is 0 Å². The van der Waals surface area contributed by atoms with Crippen LogP contribution in [-0.4, -0.2) is 14.8 Å².